The van der Waals surface area contributed by atoms with Crippen LogP contribution in [0.25, 0.3) is 11.0 Å². The predicted molar refractivity (Wildman–Crippen MR) is 126 cm³/mol. The molecule has 32 heavy (non-hydrogen) atoms. The summed E-state index contributed by atoms with van der Waals surface area (Å²) in [5, 5.41) is 1.34. The van der Waals surface area contributed by atoms with Crippen LogP contribution in [0.15, 0.2) is 69.9 Å². The summed E-state index contributed by atoms with van der Waals surface area (Å²) in [7, 11) is 0. The number of fused-ring (bicyclic) bond motifs is 1. The van der Waals surface area contributed by atoms with Crippen molar-refractivity contribution < 1.29 is 18.6 Å². The summed E-state index contributed by atoms with van der Waals surface area (Å²) in [5.74, 6) is 2.04. The van der Waals surface area contributed by atoms with Crippen molar-refractivity contribution in [2.45, 2.75) is 20.5 Å². The first-order valence-corrected chi connectivity index (χ1v) is 10.8. The van der Waals surface area contributed by atoms with E-state index in [4.69, 9.17) is 41.8 Å². The maximum atomic E-state index is 13.1. The van der Waals surface area contributed by atoms with Gasteiger partial charge in [-0.25, -0.2) is 0 Å². The van der Waals surface area contributed by atoms with E-state index in [-0.39, 0.29) is 11.2 Å². The molecule has 0 aliphatic heterocycles. The molecule has 0 saturated carbocycles. The van der Waals surface area contributed by atoms with Crippen molar-refractivity contribution in [2.24, 2.45) is 0 Å². The summed E-state index contributed by atoms with van der Waals surface area (Å²) in [6, 6.07) is 17.5. The summed E-state index contributed by atoms with van der Waals surface area (Å²) in [6.07, 6.45) is 0. The van der Waals surface area contributed by atoms with Crippen LogP contribution in [0.5, 0.6) is 23.0 Å². The molecule has 1 aromatic heterocycles. The number of rotatable bonds is 7. The second-order valence-corrected chi connectivity index (χ2v) is 7.81. The Morgan fingerprint density at radius 3 is 2.44 bits per heavy atom. The van der Waals surface area contributed by atoms with Gasteiger partial charge in [0.25, 0.3) is 0 Å². The Morgan fingerprint density at radius 2 is 1.69 bits per heavy atom. The van der Waals surface area contributed by atoms with Crippen molar-refractivity contribution >= 4 is 34.2 Å². The summed E-state index contributed by atoms with van der Waals surface area (Å²) < 4.78 is 23.2. The molecule has 5 nitrogen and oxygen atoms in total. The van der Waals surface area contributed by atoms with E-state index in [1.165, 1.54) is 0 Å². The molecule has 0 atom stereocenters. The van der Waals surface area contributed by atoms with Crippen molar-refractivity contribution in [2.75, 3.05) is 6.61 Å². The first-order chi connectivity index (χ1) is 15.5. The van der Waals surface area contributed by atoms with Crippen molar-refractivity contribution in [3.05, 3.63) is 92.3 Å². The molecule has 4 rings (SSSR count). The third-order valence-electron chi connectivity index (χ3n) is 4.74. The molecule has 0 radical (unpaired) electrons. The van der Waals surface area contributed by atoms with Crippen LogP contribution in [0, 0.1) is 6.92 Å². The average molecular weight is 471 g/mol. The second kappa shape index (κ2) is 9.55. The zero-order valence-electron chi connectivity index (χ0n) is 17.5. The molecule has 0 fully saturated rings. The minimum absolute atomic E-state index is 0.120. The van der Waals surface area contributed by atoms with E-state index in [9.17, 15) is 4.79 Å². The minimum Gasteiger partial charge on any atom is -0.490 e. The van der Waals surface area contributed by atoms with Gasteiger partial charge in [0.15, 0.2) is 11.5 Å². The maximum absolute atomic E-state index is 13.1. The van der Waals surface area contributed by atoms with Gasteiger partial charge in [0.05, 0.1) is 22.0 Å². The molecule has 0 aliphatic carbocycles. The molecule has 0 amide bonds. The van der Waals surface area contributed by atoms with Crippen molar-refractivity contribution in [3.8, 4) is 23.0 Å². The van der Waals surface area contributed by atoms with Gasteiger partial charge in [-0.1, -0.05) is 41.4 Å². The third-order valence-corrected chi connectivity index (χ3v) is 5.48. The Hall–Kier alpha value is -3.15. The van der Waals surface area contributed by atoms with Crippen molar-refractivity contribution in [1.29, 1.82) is 0 Å². The maximum Gasteiger partial charge on any atom is 0.235 e. The number of para-hydroxylation sites is 2. The molecule has 7 heteroatoms. The lowest BCUT2D eigenvalue weighted by molar-refractivity contribution is 0.306. The fourth-order valence-corrected chi connectivity index (χ4v) is 3.51. The second-order valence-electron chi connectivity index (χ2n) is 6.99. The van der Waals surface area contributed by atoms with Crippen molar-refractivity contribution in [3.63, 3.8) is 0 Å². The Morgan fingerprint density at radius 1 is 0.906 bits per heavy atom. The number of hydrogen-bond acceptors (Lipinski definition) is 5. The predicted octanol–water partition coefficient (Wildman–Crippen LogP) is 7.18. The number of ether oxygens (including phenoxy) is 3. The van der Waals surface area contributed by atoms with E-state index in [1.54, 1.807) is 49.4 Å². The third kappa shape index (κ3) is 4.69. The van der Waals surface area contributed by atoms with Gasteiger partial charge in [-0.05, 0) is 55.8 Å². The molecule has 164 valence electrons. The van der Waals surface area contributed by atoms with E-state index in [0.717, 1.165) is 5.56 Å². The van der Waals surface area contributed by atoms with E-state index in [2.05, 4.69) is 0 Å². The highest BCUT2D eigenvalue weighted by atomic mass is 35.5. The van der Waals surface area contributed by atoms with Crippen LogP contribution in [0.2, 0.25) is 10.0 Å². The van der Waals surface area contributed by atoms with Gasteiger partial charge in [0.1, 0.15) is 23.7 Å². The van der Waals surface area contributed by atoms with Gasteiger partial charge >= 0.3 is 0 Å². The van der Waals surface area contributed by atoms with Crippen LogP contribution in [0.3, 0.4) is 0 Å². The molecular formula is C25H20Cl2O5. The van der Waals surface area contributed by atoms with Crippen LogP contribution in [-0.4, -0.2) is 6.61 Å². The lowest BCUT2D eigenvalue weighted by atomic mass is 10.2. The molecule has 3 aromatic carbocycles. The van der Waals surface area contributed by atoms with E-state index >= 15 is 0 Å². The highest BCUT2D eigenvalue weighted by Crippen LogP contribution is 2.33. The lowest BCUT2D eigenvalue weighted by Crippen LogP contribution is -2.08. The van der Waals surface area contributed by atoms with Gasteiger partial charge in [-0.3, -0.25) is 4.79 Å². The van der Waals surface area contributed by atoms with Gasteiger partial charge in [-0.15, -0.1) is 0 Å². The molecule has 0 saturated heterocycles. The summed E-state index contributed by atoms with van der Waals surface area (Å²) in [4.78, 5) is 13.1. The van der Waals surface area contributed by atoms with E-state index < -0.39 is 0 Å². The topological polar surface area (TPSA) is 57.9 Å². The van der Waals surface area contributed by atoms with Crippen LogP contribution < -0.4 is 19.6 Å². The fourth-order valence-electron chi connectivity index (χ4n) is 3.19. The normalized spacial score (nSPS) is 10.9. The molecule has 0 bridgehead atoms. The van der Waals surface area contributed by atoms with E-state index in [0.29, 0.717) is 57.2 Å². The van der Waals surface area contributed by atoms with Gasteiger partial charge < -0.3 is 18.6 Å². The monoisotopic (exact) mass is 470 g/mol. The average Bonchev–Trinajstić information content (AvgIpc) is 2.78. The first-order valence-electron chi connectivity index (χ1n) is 10.00. The molecule has 0 N–H and O–H groups in total. The van der Waals surface area contributed by atoms with Crippen LogP contribution >= 0.6 is 23.2 Å². The Labute approximate surface area is 195 Å². The highest BCUT2D eigenvalue weighted by molar-refractivity contribution is 6.42. The molecule has 4 aromatic rings. The fraction of sp³-hybridized carbons (Fsp3) is 0.160. The number of benzene rings is 3. The van der Waals surface area contributed by atoms with Crippen LogP contribution in [0.4, 0.5) is 0 Å². The quantitative estimate of drug-likeness (QED) is 0.286. The van der Waals surface area contributed by atoms with Crippen LogP contribution in [0.1, 0.15) is 18.2 Å². The molecular weight excluding hydrogens is 451 g/mol. The lowest BCUT2D eigenvalue weighted by Gasteiger charge is -2.13. The Balaban J connectivity index is 1.60. The molecule has 1 heterocycles. The summed E-state index contributed by atoms with van der Waals surface area (Å²) >= 11 is 12.0. The largest absolute Gasteiger partial charge is 0.490 e. The number of aryl methyl sites for hydroxylation is 1. The standard InChI is InChI=1S/C25H20Cl2O5/c1-3-29-21-6-4-5-7-22(21)32-25-15(2)31-23-13-17(9-10-18(23)24(25)28)30-14-16-8-11-19(26)20(27)12-16/h4-13H,3,14H2,1-2H3. The smallest absolute Gasteiger partial charge is 0.235 e. The summed E-state index contributed by atoms with van der Waals surface area (Å²) in [6.45, 7) is 4.34. The van der Waals surface area contributed by atoms with Crippen molar-refractivity contribution in [1.82, 2.24) is 0 Å². The molecule has 0 spiro atoms. The molecule has 0 aliphatic rings. The SMILES string of the molecule is CCOc1ccccc1Oc1c(C)oc2cc(OCc3ccc(Cl)c(Cl)c3)ccc2c1=O. The van der Waals surface area contributed by atoms with E-state index in [1.807, 2.05) is 25.1 Å². The van der Waals surface area contributed by atoms with Gasteiger partial charge in [0.2, 0.25) is 11.2 Å². The molecule has 0 unspecified atom stereocenters. The van der Waals surface area contributed by atoms with Gasteiger partial charge in [0, 0.05) is 6.07 Å². The number of halogens is 2. The minimum atomic E-state index is -0.272. The Bertz CT molecular complexity index is 1330. The zero-order chi connectivity index (χ0) is 22.7. The number of hydrogen-bond donors (Lipinski definition) is 0. The van der Waals surface area contributed by atoms with Crippen LogP contribution in [-0.2, 0) is 6.61 Å². The zero-order valence-corrected chi connectivity index (χ0v) is 19.0. The van der Waals surface area contributed by atoms with Gasteiger partial charge in [-0.2, -0.15) is 0 Å². The highest BCUT2D eigenvalue weighted by Gasteiger charge is 2.16. The first kappa shape index (κ1) is 22.1. The Kier molecular flexibility index (Phi) is 6.58. The summed E-state index contributed by atoms with van der Waals surface area (Å²) in [5.41, 5.74) is 1.00.